The molecule has 0 bridgehead atoms. The van der Waals surface area contributed by atoms with Gasteiger partial charge in [0.05, 0.1) is 0 Å². The lowest BCUT2D eigenvalue weighted by atomic mass is 9.96. The van der Waals surface area contributed by atoms with Crippen molar-refractivity contribution in [3.8, 4) is 11.1 Å². The Balaban J connectivity index is 1.57. The number of pyridine rings is 1. The third-order valence-corrected chi connectivity index (χ3v) is 4.94. The maximum atomic E-state index is 13.7. The molecule has 5 heteroatoms. The van der Waals surface area contributed by atoms with Crippen LogP contribution in [0.15, 0.2) is 48.7 Å². The van der Waals surface area contributed by atoms with E-state index in [0.29, 0.717) is 0 Å². The van der Waals surface area contributed by atoms with Crippen LogP contribution in [0.4, 0.5) is 14.6 Å². The predicted octanol–water partition coefficient (Wildman–Crippen LogP) is 5.08. The third kappa shape index (κ3) is 3.33. The molecule has 1 heterocycles. The number of halogens is 2. The summed E-state index contributed by atoms with van der Waals surface area (Å²) in [6.45, 7) is 2.07. The molecule has 1 aliphatic rings. The average molecular weight is 364 g/mol. The summed E-state index contributed by atoms with van der Waals surface area (Å²) in [5.41, 5.74) is 5.42. The number of nitrogens with zero attached hydrogens (tertiary/aromatic N) is 1. The van der Waals surface area contributed by atoms with Gasteiger partial charge >= 0.3 is 0 Å². The Morgan fingerprint density at radius 3 is 2.41 bits per heavy atom. The second-order valence-corrected chi connectivity index (χ2v) is 6.77. The van der Waals surface area contributed by atoms with Crippen LogP contribution in [0.2, 0.25) is 0 Å². The lowest BCUT2D eigenvalue weighted by molar-refractivity contribution is 0.101. The first-order valence-electron chi connectivity index (χ1n) is 8.87. The van der Waals surface area contributed by atoms with Crippen molar-refractivity contribution in [2.24, 2.45) is 0 Å². The highest BCUT2D eigenvalue weighted by Gasteiger charge is 2.18. The molecule has 4 rings (SSSR count). The van der Waals surface area contributed by atoms with Gasteiger partial charge in [0.15, 0.2) is 0 Å². The summed E-state index contributed by atoms with van der Waals surface area (Å²) in [5, 5.41) is 2.44. The summed E-state index contributed by atoms with van der Waals surface area (Å²) in [7, 11) is 0. The number of benzene rings is 2. The van der Waals surface area contributed by atoms with Gasteiger partial charge in [0.2, 0.25) is 0 Å². The summed E-state index contributed by atoms with van der Waals surface area (Å²) >= 11 is 0. The van der Waals surface area contributed by atoms with Gasteiger partial charge in [-0.3, -0.25) is 4.79 Å². The second-order valence-electron chi connectivity index (χ2n) is 6.77. The van der Waals surface area contributed by atoms with E-state index in [1.807, 2.05) is 6.07 Å². The van der Waals surface area contributed by atoms with E-state index >= 15 is 0 Å². The summed E-state index contributed by atoms with van der Waals surface area (Å²) in [6, 6.07) is 11.2. The maximum absolute atomic E-state index is 13.7. The predicted molar refractivity (Wildman–Crippen MR) is 101 cm³/mol. The number of carbonyl (C=O) groups is 1. The lowest BCUT2D eigenvalue weighted by Crippen LogP contribution is -2.16. The Bertz CT molecular complexity index is 1010. The molecule has 2 aromatic carbocycles. The quantitative estimate of drug-likeness (QED) is 0.704. The molecule has 3 nitrogen and oxygen atoms in total. The number of aromatic nitrogens is 1. The van der Waals surface area contributed by atoms with Crippen LogP contribution in [0.3, 0.4) is 0 Å². The number of rotatable bonds is 3. The zero-order valence-corrected chi connectivity index (χ0v) is 14.9. The summed E-state index contributed by atoms with van der Waals surface area (Å²) in [5.74, 6) is -2.43. The van der Waals surface area contributed by atoms with Crippen LogP contribution < -0.4 is 5.32 Å². The zero-order valence-electron chi connectivity index (χ0n) is 14.9. The molecular weight excluding hydrogens is 346 g/mol. The number of hydrogen-bond donors (Lipinski definition) is 1. The Labute approximate surface area is 156 Å². The van der Waals surface area contributed by atoms with Gasteiger partial charge in [-0.05, 0) is 72.7 Å². The lowest BCUT2D eigenvalue weighted by Gasteiger charge is -2.11. The van der Waals surface area contributed by atoms with Crippen molar-refractivity contribution in [2.75, 3.05) is 5.32 Å². The first-order chi connectivity index (χ1) is 13.0. The van der Waals surface area contributed by atoms with Gasteiger partial charge in [-0.15, -0.1) is 0 Å². The van der Waals surface area contributed by atoms with Crippen LogP contribution in [0.5, 0.6) is 0 Å². The van der Waals surface area contributed by atoms with Crippen molar-refractivity contribution < 1.29 is 13.6 Å². The number of amides is 1. The summed E-state index contributed by atoms with van der Waals surface area (Å²) in [4.78, 5) is 16.4. The fraction of sp³-hybridized carbons (Fsp3) is 0.182. The standard InChI is InChI=1S/C22H18F2N2O/c1-13-10-14-4-2-5-15(14)11-17(13)16-8-9-20(25-12-16)26-22(27)21-18(23)6-3-7-19(21)24/h3,6-12H,2,4-5H2,1H3,(H,25,26,27). The highest BCUT2D eigenvalue weighted by molar-refractivity contribution is 6.04. The molecule has 27 heavy (non-hydrogen) atoms. The minimum atomic E-state index is -0.905. The molecular formula is C22H18F2N2O. The number of nitrogens with one attached hydrogen (secondary N) is 1. The van der Waals surface area contributed by atoms with Crippen molar-refractivity contribution in [2.45, 2.75) is 26.2 Å². The van der Waals surface area contributed by atoms with Gasteiger partial charge in [-0.25, -0.2) is 13.8 Å². The minimum Gasteiger partial charge on any atom is -0.306 e. The van der Waals surface area contributed by atoms with Crippen molar-refractivity contribution >= 4 is 11.7 Å². The SMILES string of the molecule is Cc1cc2c(cc1-c1ccc(NC(=O)c3c(F)cccc3F)nc1)CCC2. The van der Waals surface area contributed by atoms with Gasteiger partial charge < -0.3 is 5.32 Å². The Morgan fingerprint density at radius 2 is 1.74 bits per heavy atom. The van der Waals surface area contributed by atoms with Crippen LogP contribution in [0.1, 0.15) is 33.5 Å². The molecule has 1 N–H and O–H groups in total. The van der Waals surface area contributed by atoms with Gasteiger partial charge in [0, 0.05) is 11.8 Å². The number of carbonyl (C=O) groups excluding carboxylic acids is 1. The second kappa shape index (κ2) is 6.91. The smallest absolute Gasteiger partial charge is 0.262 e. The largest absolute Gasteiger partial charge is 0.306 e. The summed E-state index contributed by atoms with van der Waals surface area (Å²) < 4.78 is 27.4. The average Bonchev–Trinajstić information content (AvgIpc) is 3.09. The van der Waals surface area contributed by atoms with E-state index in [9.17, 15) is 13.6 Å². The first-order valence-corrected chi connectivity index (χ1v) is 8.87. The fourth-order valence-electron chi connectivity index (χ4n) is 3.58. The highest BCUT2D eigenvalue weighted by atomic mass is 19.1. The van der Waals surface area contributed by atoms with E-state index < -0.39 is 23.1 Å². The molecule has 0 radical (unpaired) electrons. The first kappa shape index (κ1) is 17.3. The van der Waals surface area contributed by atoms with Gasteiger partial charge in [0.25, 0.3) is 5.91 Å². The van der Waals surface area contributed by atoms with E-state index in [1.54, 1.807) is 12.3 Å². The normalized spacial score (nSPS) is 12.7. The Hall–Kier alpha value is -3.08. The molecule has 0 saturated carbocycles. The molecule has 0 atom stereocenters. The molecule has 0 unspecified atom stereocenters. The van der Waals surface area contributed by atoms with Crippen LogP contribution in [0, 0.1) is 18.6 Å². The topological polar surface area (TPSA) is 42.0 Å². The van der Waals surface area contributed by atoms with Crippen molar-refractivity contribution in [1.29, 1.82) is 0 Å². The van der Waals surface area contributed by atoms with E-state index in [0.717, 1.165) is 36.1 Å². The monoisotopic (exact) mass is 364 g/mol. The number of anilines is 1. The zero-order chi connectivity index (χ0) is 19.0. The maximum Gasteiger partial charge on any atom is 0.262 e. The van der Waals surface area contributed by atoms with E-state index in [1.165, 1.54) is 29.2 Å². The molecule has 0 aliphatic heterocycles. The van der Waals surface area contributed by atoms with E-state index in [2.05, 4.69) is 29.4 Å². The Kier molecular flexibility index (Phi) is 4.44. The number of fused-ring (bicyclic) bond motifs is 1. The number of aryl methyl sites for hydroxylation is 3. The van der Waals surface area contributed by atoms with Crippen LogP contribution in [-0.2, 0) is 12.8 Å². The Morgan fingerprint density at radius 1 is 1.04 bits per heavy atom. The third-order valence-electron chi connectivity index (χ3n) is 4.94. The molecule has 1 amide bonds. The molecule has 1 aliphatic carbocycles. The summed E-state index contributed by atoms with van der Waals surface area (Å²) in [6.07, 6.45) is 5.08. The van der Waals surface area contributed by atoms with Crippen LogP contribution in [0.25, 0.3) is 11.1 Å². The van der Waals surface area contributed by atoms with Gasteiger partial charge in [-0.2, -0.15) is 0 Å². The van der Waals surface area contributed by atoms with Crippen molar-refractivity contribution in [1.82, 2.24) is 4.98 Å². The van der Waals surface area contributed by atoms with Crippen LogP contribution in [-0.4, -0.2) is 10.9 Å². The molecule has 0 fully saturated rings. The molecule has 0 spiro atoms. The van der Waals surface area contributed by atoms with Gasteiger partial charge in [0.1, 0.15) is 23.0 Å². The molecule has 0 saturated heterocycles. The fourth-order valence-corrected chi connectivity index (χ4v) is 3.58. The van der Waals surface area contributed by atoms with E-state index in [4.69, 9.17) is 0 Å². The van der Waals surface area contributed by atoms with E-state index in [-0.39, 0.29) is 5.82 Å². The molecule has 136 valence electrons. The van der Waals surface area contributed by atoms with Gasteiger partial charge in [-0.1, -0.05) is 18.2 Å². The molecule has 3 aromatic rings. The van der Waals surface area contributed by atoms with Crippen molar-refractivity contribution in [3.63, 3.8) is 0 Å². The van der Waals surface area contributed by atoms with Crippen molar-refractivity contribution in [3.05, 3.63) is 82.5 Å². The van der Waals surface area contributed by atoms with Crippen LogP contribution >= 0.6 is 0 Å². The minimum absolute atomic E-state index is 0.241. The number of hydrogen-bond acceptors (Lipinski definition) is 2. The highest BCUT2D eigenvalue weighted by Crippen LogP contribution is 2.31. The molecule has 1 aromatic heterocycles.